The van der Waals surface area contributed by atoms with E-state index in [0.717, 1.165) is 23.2 Å². The quantitative estimate of drug-likeness (QED) is 0.851. The number of carbonyl (C=O) groups excluding carboxylic acids is 1. The van der Waals surface area contributed by atoms with Crippen LogP contribution in [-0.2, 0) is 4.79 Å². The number of amides is 1. The molecule has 0 saturated carbocycles. The highest BCUT2D eigenvalue weighted by atomic mass is 79.9. The molecule has 2 N–H and O–H groups in total. The van der Waals surface area contributed by atoms with Crippen molar-refractivity contribution in [2.45, 2.75) is 26.2 Å². The molecule has 20 heavy (non-hydrogen) atoms. The van der Waals surface area contributed by atoms with Gasteiger partial charge in [0, 0.05) is 16.6 Å². The summed E-state index contributed by atoms with van der Waals surface area (Å²) in [6, 6.07) is 5.42. The van der Waals surface area contributed by atoms with Crippen molar-refractivity contribution in [3.63, 3.8) is 0 Å². The van der Waals surface area contributed by atoms with Gasteiger partial charge < -0.3 is 10.6 Å². The maximum absolute atomic E-state index is 12.1. The van der Waals surface area contributed by atoms with Crippen molar-refractivity contribution in [2.24, 2.45) is 11.8 Å². The summed E-state index contributed by atoms with van der Waals surface area (Å²) in [7, 11) is 0. The predicted octanol–water partition coefficient (Wildman–Crippen LogP) is 4.07. The molecule has 2 atom stereocenters. The van der Waals surface area contributed by atoms with Crippen LogP contribution in [0.5, 0.6) is 0 Å². The van der Waals surface area contributed by atoms with Crippen LogP contribution in [0.2, 0.25) is 5.02 Å². The molecule has 1 heterocycles. The number of anilines is 1. The maximum Gasteiger partial charge on any atom is 0.224 e. The van der Waals surface area contributed by atoms with Gasteiger partial charge in [0.2, 0.25) is 5.91 Å². The lowest BCUT2D eigenvalue weighted by Crippen LogP contribution is -2.34. The zero-order valence-corrected chi connectivity index (χ0v) is 13.9. The van der Waals surface area contributed by atoms with Gasteiger partial charge in [-0.1, -0.05) is 18.5 Å². The average molecular weight is 360 g/mol. The normalized spacial score (nSPS) is 20.4. The van der Waals surface area contributed by atoms with Gasteiger partial charge in [0.1, 0.15) is 0 Å². The fourth-order valence-corrected chi connectivity index (χ4v) is 3.11. The summed E-state index contributed by atoms with van der Waals surface area (Å²) in [5.41, 5.74) is 0.778. The second-order valence-electron chi connectivity index (χ2n) is 5.46. The molecule has 0 aliphatic carbocycles. The summed E-state index contributed by atoms with van der Waals surface area (Å²) in [5.74, 6) is 1.07. The lowest BCUT2D eigenvalue weighted by atomic mass is 9.85. The Morgan fingerprint density at radius 1 is 1.60 bits per heavy atom. The van der Waals surface area contributed by atoms with Crippen LogP contribution in [0.15, 0.2) is 22.7 Å². The van der Waals surface area contributed by atoms with Crippen LogP contribution >= 0.6 is 27.5 Å². The van der Waals surface area contributed by atoms with E-state index in [2.05, 4.69) is 33.5 Å². The molecule has 0 bridgehead atoms. The second kappa shape index (κ2) is 7.43. The van der Waals surface area contributed by atoms with Crippen LogP contribution < -0.4 is 10.6 Å². The Balaban J connectivity index is 1.86. The first kappa shape index (κ1) is 15.8. The molecule has 1 aliphatic rings. The van der Waals surface area contributed by atoms with Crippen LogP contribution in [0.1, 0.15) is 26.2 Å². The predicted molar refractivity (Wildman–Crippen MR) is 87.2 cm³/mol. The van der Waals surface area contributed by atoms with Gasteiger partial charge in [-0.2, -0.15) is 0 Å². The van der Waals surface area contributed by atoms with E-state index in [9.17, 15) is 4.79 Å². The Morgan fingerprint density at radius 2 is 2.40 bits per heavy atom. The van der Waals surface area contributed by atoms with E-state index in [-0.39, 0.29) is 5.91 Å². The van der Waals surface area contributed by atoms with Crippen molar-refractivity contribution in [1.82, 2.24) is 5.32 Å². The highest BCUT2D eigenvalue weighted by molar-refractivity contribution is 9.10. The van der Waals surface area contributed by atoms with Crippen molar-refractivity contribution in [1.29, 1.82) is 0 Å². The Morgan fingerprint density at radius 3 is 3.05 bits per heavy atom. The lowest BCUT2D eigenvalue weighted by Gasteiger charge is -2.28. The van der Waals surface area contributed by atoms with Gasteiger partial charge >= 0.3 is 0 Å². The number of rotatable bonds is 4. The van der Waals surface area contributed by atoms with Gasteiger partial charge in [-0.05, 0) is 71.9 Å². The second-order valence-corrected chi connectivity index (χ2v) is 6.73. The lowest BCUT2D eigenvalue weighted by molar-refractivity contribution is -0.117. The van der Waals surface area contributed by atoms with E-state index in [1.807, 2.05) is 12.1 Å². The summed E-state index contributed by atoms with van der Waals surface area (Å²) < 4.78 is 0.793. The monoisotopic (exact) mass is 358 g/mol. The van der Waals surface area contributed by atoms with E-state index >= 15 is 0 Å². The number of carbonyl (C=O) groups is 1. The van der Waals surface area contributed by atoms with Crippen molar-refractivity contribution in [3.8, 4) is 0 Å². The van der Waals surface area contributed by atoms with Crippen molar-refractivity contribution < 1.29 is 4.79 Å². The molecule has 3 nitrogen and oxygen atoms in total. The zero-order valence-electron chi connectivity index (χ0n) is 11.6. The zero-order chi connectivity index (χ0) is 14.5. The van der Waals surface area contributed by atoms with Crippen LogP contribution in [-0.4, -0.2) is 19.0 Å². The number of hydrogen-bond donors (Lipinski definition) is 2. The molecule has 1 aliphatic heterocycles. The molecule has 0 aromatic heterocycles. The van der Waals surface area contributed by atoms with E-state index in [0.29, 0.717) is 23.3 Å². The molecule has 1 aromatic carbocycles. The topological polar surface area (TPSA) is 41.1 Å². The van der Waals surface area contributed by atoms with Gasteiger partial charge in [0.15, 0.2) is 0 Å². The fraction of sp³-hybridized carbons (Fsp3) is 0.533. The number of halogens is 2. The Labute approximate surface area is 133 Å². The molecular formula is C15H20BrClN2O. The molecule has 0 radical (unpaired) electrons. The molecule has 2 unspecified atom stereocenters. The minimum Gasteiger partial charge on any atom is -0.326 e. The van der Waals surface area contributed by atoms with Gasteiger partial charge in [0.05, 0.1) is 5.02 Å². The molecule has 110 valence electrons. The fourth-order valence-electron chi connectivity index (χ4n) is 2.61. The first-order chi connectivity index (χ1) is 9.56. The SMILES string of the molecule is CC(CC(=O)Nc1ccc(Cl)c(Br)c1)C1CCCNC1. The first-order valence-electron chi connectivity index (χ1n) is 7.02. The maximum atomic E-state index is 12.1. The van der Waals surface area contributed by atoms with Gasteiger partial charge in [-0.15, -0.1) is 0 Å². The molecule has 5 heteroatoms. The Kier molecular flexibility index (Phi) is 5.87. The van der Waals surface area contributed by atoms with Gasteiger partial charge in [-0.25, -0.2) is 0 Å². The van der Waals surface area contributed by atoms with Crippen LogP contribution in [0.4, 0.5) is 5.69 Å². The highest BCUT2D eigenvalue weighted by Gasteiger charge is 2.22. The van der Waals surface area contributed by atoms with Crippen molar-refractivity contribution in [3.05, 3.63) is 27.7 Å². The summed E-state index contributed by atoms with van der Waals surface area (Å²) in [5, 5.41) is 6.97. The third-order valence-corrected chi connectivity index (χ3v) is 5.06. The third-order valence-electron chi connectivity index (χ3n) is 3.85. The molecule has 1 fully saturated rings. The van der Waals surface area contributed by atoms with E-state index in [1.165, 1.54) is 12.8 Å². The molecule has 1 saturated heterocycles. The molecule has 2 rings (SSSR count). The Hall–Kier alpha value is -0.580. The first-order valence-corrected chi connectivity index (χ1v) is 8.19. The van der Waals surface area contributed by atoms with Gasteiger partial charge in [-0.3, -0.25) is 4.79 Å². The molecule has 1 amide bonds. The van der Waals surface area contributed by atoms with Gasteiger partial charge in [0.25, 0.3) is 0 Å². The third kappa shape index (κ3) is 4.47. The van der Waals surface area contributed by atoms with Crippen LogP contribution in [0.25, 0.3) is 0 Å². The van der Waals surface area contributed by atoms with E-state index in [4.69, 9.17) is 11.6 Å². The number of benzene rings is 1. The molecular weight excluding hydrogens is 340 g/mol. The Bertz CT molecular complexity index is 475. The smallest absolute Gasteiger partial charge is 0.224 e. The van der Waals surface area contributed by atoms with Crippen LogP contribution in [0.3, 0.4) is 0 Å². The summed E-state index contributed by atoms with van der Waals surface area (Å²) in [4.78, 5) is 12.1. The largest absolute Gasteiger partial charge is 0.326 e. The standard InChI is InChI=1S/C15H20BrClN2O/c1-10(11-3-2-6-18-9-11)7-15(20)19-12-4-5-14(17)13(16)8-12/h4-5,8,10-11,18H,2-3,6-7,9H2,1H3,(H,19,20). The van der Waals surface area contributed by atoms with Crippen LogP contribution in [0, 0.1) is 11.8 Å². The number of piperidine rings is 1. The highest BCUT2D eigenvalue weighted by Crippen LogP contribution is 2.26. The van der Waals surface area contributed by atoms with Crippen molar-refractivity contribution in [2.75, 3.05) is 18.4 Å². The summed E-state index contributed by atoms with van der Waals surface area (Å²) in [6.07, 6.45) is 2.99. The minimum absolute atomic E-state index is 0.0669. The van der Waals surface area contributed by atoms with E-state index < -0.39 is 0 Å². The minimum atomic E-state index is 0.0669. The summed E-state index contributed by atoms with van der Waals surface area (Å²) >= 11 is 9.29. The number of hydrogen-bond acceptors (Lipinski definition) is 2. The van der Waals surface area contributed by atoms with Crippen molar-refractivity contribution >= 4 is 39.1 Å². The summed E-state index contributed by atoms with van der Waals surface area (Å²) in [6.45, 7) is 4.30. The molecule has 0 spiro atoms. The molecule has 1 aromatic rings. The number of nitrogens with one attached hydrogen (secondary N) is 2. The average Bonchev–Trinajstić information content (AvgIpc) is 2.44. The van der Waals surface area contributed by atoms with E-state index in [1.54, 1.807) is 6.07 Å².